The first-order valence-electron chi connectivity index (χ1n) is 8.22. The van der Waals surface area contributed by atoms with E-state index in [2.05, 4.69) is 0 Å². The van der Waals surface area contributed by atoms with Gasteiger partial charge in [0.15, 0.2) is 5.79 Å². The van der Waals surface area contributed by atoms with Crippen molar-refractivity contribution in [3.63, 3.8) is 0 Å². The SMILES string of the molecule is C[C@@H]1OC(=O)[C@H]2CC3CCC4(CC3C(C(=O)O)[C@@H]12)OCCO4. The Hall–Kier alpha value is -1.14. The lowest BCUT2D eigenvalue weighted by Gasteiger charge is -2.49. The van der Waals surface area contributed by atoms with Crippen LogP contribution in [0.15, 0.2) is 0 Å². The molecule has 2 aliphatic carbocycles. The maximum Gasteiger partial charge on any atom is 0.309 e. The highest BCUT2D eigenvalue weighted by Gasteiger charge is 2.60. The summed E-state index contributed by atoms with van der Waals surface area (Å²) in [6.07, 6.45) is 2.71. The highest BCUT2D eigenvalue weighted by Crippen LogP contribution is 2.55. The standard InChI is InChI=1S/C16H22O6/c1-8-12-10(15(19)22-8)6-9-2-3-16(20-4-5-21-16)7-11(9)13(12)14(17)18/h8-13H,2-7H2,1H3,(H,17,18)/t8-,9?,10-,11?,12-,13?/m0/s1. The van der Waals surface area contributed by atoms with Crippen LogP contribution in [-0.2, 0) is 23.8 Å². The van der Waals surface area contributed by atoms with Gasteiger partial charge in [-0.15, -0.1) is 0 Å². The molecule has 0 aromatic rings. The number of hydrogen-bond acceptors (Lipinski definition) is 5. The molecule has 6 nitrogen and oxygen atoms in total. The Bertz CT molecular complexity index is 497. The van der Waals surface area contributed by atoms with E-state index in [0.717, 1.165) is 19.3 Å². The van der Waals surface area contributed by atoms with E-state index >= 15 is 0 Å². The number of carbonyl (C=O) groups excluding carboxylic acids is 1. The van der Waals surface area contributed by atoms with Gasteiger partial charge in [0.25, 0.3) is 0 Å². The lowest BCUT2D eigenvalue weighted by molar-refractivity contribution is -0.211. The number of esters is 1. The van der Waals surface area contributed by atoms with E-state index in [-0.39, 0.29) is 35.7 Å². The Balaban J connectivity index is 1.66. The predicted molar refractivity (Wildman–Crippen MR) is 73.7 cm³/mol. The van der Waals surface area contributed by atoms with Crippen LogP contribution in [0.25, 0.3) is 0 Å². The van der Waals surface area contributed by atoms with E-state index in [1.807, 2.05) is 6.92 Å². The molecule has 6 heteroatoms. The van der Waals surface area contributed by atoms with Gasteiger partial charge in [0, 0.05) is 18.8 Å². The third-order valence-electron chi connectivity index (χ3n) is 6.19. The van der Waals surface area contributed by atoms with E-state index in [4.69, 9.17) is 14.2 Å². The molecule has 1 N–H and O–H groups in total. The second kappa shape index (κ2) is 4.93. The summed E-state index contributed by atoms with van der Waals surface area (Å²) in [4.78, 5) is 24.0. The van der Waals surface area contributed by atoms with E-state index in [9.17, 15) is 14.7 Å². The van der Waals surface area contributed by atoms with E-state index in [1.165, 1.54) is 0 Å². The number of aliphatic carboxylic acids is 1. The molecule has 2 heterocycles. The zero-order valence-electron chi connectivity index (χ0n) is 12.7. The van der Waals surface area contributed by atoms with Gasteiger partial charge in [-0.05, 0) is 31.6 Å². The van der Waals surface area contributed by atoms with Gasteiger partial charge in [0.1, 0.15) is 6.10 Å². The quantitative estimate of drug-likeness (QED) is 0.738. The fourth-order valence-electron chi connectivity index (χ4n) is 5.31. The van der Waals surface area contributed by atoms with Crippen molar-refractivity contribution in [2.24, 2.45) is 29.6 Å². The number of rotatable bonds is 1. The van der Waals surface area contributed by atoms with Crippen molar-refractivity contribution in [2.75, 3.05) is 13.2 Å². The third kappa shape index (κ3) is 2.00. The van der Waals surface area contributed by atoms with Crippen molar-refractivity contribution in [1.82, 2.24) is 0 Å². The van der Waals surface area contributed by atoms with Crippen molar-refractivity contribution in [1.29, 1.82) is 0 Å². The molecular formula is C16H22O6. The summed E-state index contributed by atoms with van der Waals surface area (Å²) >= 11 is 0. The summed E-state index contributed by atoms with van der Waals surface area (Å²) in [6.45, 7) is 2.98. The minimum absolute atomic E-state index is 0.00236. The lowest BCUT2D eigenvalue weighted by atomic mass is 9.56. The van der Waals surface area contributed by atoms with Gasteiger partial charge in [-0.1, -0.05) is 0 Å². The topological polar surface area (TPSA) is 82.1 Å². The maximum atomic E-state index is 12.0. The minimum atomic E-state index is -0.815. The minimum Gasteiger partial charge on any atom is -0.481 e. The number of ether oxygens (including phenoxy) is 3. The Morgan fingerprint density at radius 1 is 1.32 bits per heavy atom. The maximum absolute atomic E-state index is 12.0. The van der Waals surface area contributed by atoms with Crippen molar-refractivity contribution < 1.29 is 28.9 Å². The molecule has 6 atom stereocenters. The molecule has 0 aromatic carbocycles. The van der Waals surface area contributed by atoms with Crippen LogP contribution in [0.5, 0.6) is 0 Å². The van der Waals surface area contributed by atoms with Crippen LogP contribution >= 0.6 is 0 Å². The fraction of sp³-hybridized carbons (Fsp3) is 0.875. The van der Waals surface area contributed by atoms with Gasteiger partial charge < -0.3 is 19.3 Å². The molecule has 0 aromatic heterocycles. The van der Waals surface area contributed by atoms with Gasteiger partial charge >= 0.3 is 11.9 Å². The van der Waals surface area contributed by atoms with Crippen LogP contribution in [0, 0.1) is 29.6 Å². The monoisotopic (exact) mass is 310 g/mol. The zero-order chi connectivity index (χ0) is 15.5. The third-order valence-corrected chi connectivity index (χ3v) is 6.19. The van der Waals surface area contributed by atoms with Crippen LogP contribution in [0.1, 0.15) is 32.6 Å². The second-order valence-electron chi connectivity index (χ2n) is 7.20. The Kier molecular flexibility index (Phi) is 3.24. The van der Waals surface area contributed by atoms with Crippen molar-refractivity contribution in [3.8, 4) is 0 Å². The molecule has 2 saturated carbocycles. The summed E-state index contributed by atoms with van der Waals surface area (Å²) in [5.74, 6) is -2.38. The molecule has 0 radical (unpaired) electrons. The van der Waals surface area contributed by atoms with Gasteiger partial charge in [-0.2, -0.15) is 0 Å². The first kappa shape index (κ1) is 14.5. The van der Waals surface area contributed by atoms with E-state index in [1.54, 1.807) is 0 Å². The smallest absolute Gasteiger partial charge is 0.309 e. The first-order valence-corrected chi connectivity index (χ1v) is 8.22. The van der Waals surface area contributed by atoms with Gasteiger partial charge in [0.2, 0.25) is 0 Å². The Morgan fingerprint density at radius 3 is 2.73 bits per heavy atom. The molecule has 0 amide bonds. The Labute approximate surface area is 129 Å². The van der Waals surface area contributed by atoms with E-state index < -0.39 is 17.7 Å². The van der Waals surface area contributed by atoms with Crippen LogP contribution in [-0.4, -0.2) is 42.1 Å². The molecule has 0 bridgehead atoms. The normalized spacial score (nSPS) is 46.1. The number of carboxylic acids is 1. The zero-order valence-corrected chi connectivity index (χ0v) is 12.7. The molecule has 3 unspecified atom stereocenters. The molecular weight excluding hydrogens is 288 g/mol. The molecule has 122 valence electrons. The number of cyclic esters (lactones) is 1. The van der Waals surface area contributed by atoms with Crippen LogP contribution in [0.4, 0.5) is 0 Å². The van der Waals surface area contributed by atoms with Gasteiger partial charge in [-0.25, -0.2) is 0 Å². The largest absolute Gasteiger partial charge is 0.481 e. The molecule has 22 heavy (non-hydrogen) atoms. The Morgan fingerprint density at radius 2 is 2.05 bits per heavy atom. The number of carboxylic acid groups (broad SMARTS) is 1. The second-order valence-corrected chi connectivity index (χ2v) is 7.20. The van der Waals surface area contributed by atoms with Crippen LogP contribution in [0.3, 0.4) is 0 Å². The van der Waals surface area contributed by atoms with E-state index in [0.29, 0.717) is 19.6 Å². The number of carbonyl (C=O) groups is 2. The fourth-order valence-corrected chi connectivity index (χ4v) is 5.31. The van der Waals surface area contributed by atoms with Crippen molar-refractivity contribution >= 4 is 11.9 Å². The van der Waals surface area contributed by atoms with Crippen molar-refractivity contribution in [2.45, 2.75) is 44.5 Å². The van der Waals surface area contributed by atoms with Crippen LogP contribution < -0.4 is 0 Å². The molecule has 4 rings (SSSR count). The van der Waals surface area contributed by atoms with Crippen molar-refractivity contribution in [3.05, 3.63) is 0 Å². The molecule has 2 saturated heterocycles. The highest BCUT2D eigenvalue weighted by atomic mass is 16.7. The van der Waals surface area contributed by atoms with Gasteiger partial charge in [0.05, 0.1) is 25.0 Å². The highest BCUT2D eigenvalue weighted by molar-refractivity contribution is 5.79. The predicted octanol–water partition coefficient (Wildman–Crippen LogP) is 1.43. The van der Waals surface area contributed by atoms with Crippen LogP contribution in [0.2, 0.25) is 0 Å². The molecule has 1 spiro atoms. The average Bonchev–Trinajstić information content (AvgIpc) is 3.03. The summed E-state index contributed by atoms with van der Waals surface area (Å²) in [7, 11) is 0. The molecule has 2 aliphatic heterocycles. The number of fused-ring (bicyclic) bond motifs is 2. The summed E-state index contributed by atoms with van der Waals surface area (Å²) in [6, 6.07) is 0. The van der Waals surface area contributed by atoms with Gasteiger partial charge in [-0.3, -0.25) is 9.59 Å². The number of hydrogen-bond donors (Lipinski definition) is 1. The summed E-state index contributed by atoms with van der Waals surface area (Å²) in [5, 5.41) is 9.81. The molecule has 4 fully saturated rings. The average molecular weight is 310 g/mol. The lowest BCUT2D eigenvalue weighted by Crippen LogP contribution is -2.52. The summed E-state index contributed by atoms with van der Waals surface area (Å²) in [5.41, 5.74) is 0. The summed E-state index contributed by atoms with van der Waals surface area (Å²) < 4.78 is 17.0. The first-order chi connectivity index (χ1) is 10.5. The molecule has 4 aliphatic rings.